The number of rotatable bonds is 6. The van der Waals surface area contributed by atoms with Gasteiger partial charge in [-0.1, -0.05) is 22.9 Å². The fraction of sp³-hybridized carbons (Fsp3) is 0.417. The second-order valence-electron chi connectivity index (χ2n) is 3.73. The maximum absolute atomic E-state index is 11.4. The maximum atomic E-state index is 11.4. The Morgan fingerprint density at radius 1 is 1.50 bits per heavy atom. The van der Waals surface area contributed by atoms with Crippen LogP contribution in [0.25, 0.3) is 0 Å². The average molecular weight is 381 g/mol. The standard InChI is InChI=1S/C12H15Br2NO3/c1-2-9(16)6-15-12(17)7-18-11-4-3-8(13)5-10(11)14/h3-5,9,16H,2,6-7H2,1H3,(H,15,17). The number of carbonyl (C=O) groups is 1. The van der Waals surface area contributed by atoms with Gasteiger partial charge in [-0.25, -0.2) is 0 Å². The minimum absolute atomic E-state index is 0.0728. The number of hydrogen-bond acceptors (Lipinski definition) is 3. The molecule has 100 valence electrons. The minimum atomic E-state index is -0.506. The van der Waals surface area contributed by atoms with Crippen LogP contribution >= 0.6 is 31.9 Å². The fourth-order valence-corrected chi connectivity index (χ4v) is 2.32. The summed E-state index contributed by atoms with van der Waals surface area (Å²) in [6.45, 7) is 2.03. The average Bonchev–Trinajstić information content (AvgIpc) is 2.34. The maximum Gasteiger partial charge on any atom is 0.258 e. The van der Waals surface area contributed by atoms with Crippen LogP contribution in [0, 0.1) is 0 Å². The van der Waals surface area contributed by atoms with Crippen molar-refractivity contribution in [3.05, 3.63) is 27.1 Å². The predicted molar refractivity (Wildman–Crippen MR) is 76.6 cm³/mol. The molecule has 1 unspecified atom stereocenters. The molecule has 0 saturated heterocycles. The van der Waals surface area contributed by atoms with Crippen molar-refractivity contribution in [1.29, 1.82) is 0 Å². The Morgan fingerprint density at radius 3 is 2.83 bits per heavy atom. The van der Waals surface area contributed by atoms with Crippen LogP contribution in [0.4, 0.5) is 0 Å². The Hall–Kier alpha value is -0.590. The van der Waals surface area contributed by atoms with Gasteiger partial charge in [0.15, 0.2) is 6.61 Å². The lowest BCUT2D eigenvalue weighted by molar-refractivity contribution is -0.123. The lowest BCUT2D eigenvalue weighted by atomic mass is 10.3. The van der Waals surface area contributed by atoms with Crippen molar-refractivity contribution in [2.45, 2.75) is 19.4 Å². The second kappa shape index (κ2) is 7.76. The van der Waals surface area contributed by atoms with Crippen molar-refractivity contribution in [2.24, 2.45) is 0 Å². The van der Waals surface area contributed by atoms with Crippen LogP contribution in [0.1, 0.15) is 13.3 Å². The molecule has 0 fully saturated rings. The molecule has 1 atom stereocenters. The minimum Gasteiger partial charge on any atom is -0.483 e. The molecule has 1 aromatic carbocycles. The third-order valence-corrected chi connectivity index (χ3v) is 3.37. The van der Waals surface area contributed by atoms with Crippen molar-refractivity contribution in [1.82, 2.24) is 5.32 Å². The Bertz CT molecular complexity index is 412. The molecule has 1 rings (SSSR count). The second-order valence-corrected chi connectivity index (χ2v) is 5.50. The zero-order valence-corrected chi connectivity index (χ0v) is 13.1. The van der Waals surface area contributed by atoms with Gasteiger partial charge in [0.1, 0.15) is 5.75 Å². The van der Waals surface area contributed by atoms with Gasteiger partial charge in [-0.05, 0) is 40.5 Å². The number of benzene rings is 1. The van der Waals surface area contributed by atoms with E-state index >= 15 is 0 Å². The van der Waals surface area contributed by atoms with Gasteiger partial charge in [0.2, 0.25) is 0 Å². The van der Waals surface area contributed by atoms with Gasteiger partial charge in [0.25, 0.3) is 5.91 Å². The van der Waals surface area contributed by atoms with E-state index in [9.17, 15) is 9.90 Å². The molecule has 2 N–H and O–H groups in total. The number of nitrogens with one attached hydrogen (secondary N) is 1. The third-order valence-electron chi connectivity index (χ3n) is 2.26. The molecule has 1 amide bonds. The molecule has 18 heavy (non-hydrogen) atoms. The van der Waals surface area contributed by atoms with Crippen LogP contribution in [0.5, 0.6) is 5.75 Å². The molecule has 0 aliphatic heterocycles. The Kier molecular flexibility index (Phi) is 6.67. The molecule has 0 aromatic heterocycles. The number of carbonyl (C=O) groups excluding carboxylic acids is 1. The van der Waals surface area contributed by atoms with Crippen LogP contribution in [0.15, 0.2) is 27.1 Å². The van der Waals surface area contributed by atoms with E-state index in [1.54, 1.807) is 6.07 Å². The molecular formula is C12H15Br2NO3. The Morgan fingerprint density at radius 2 is 2.22 bits per heavy atom. The largest absolute Gasteiger partial charge is 0.483 e. The molecule has 0 heterocycles. The molecular weight excluding hydrogens is 366 g/mol. The molecule has 0 aliphatic rings. The molecule has 0 bridgehead atoms. The van der Waals surface area contributed by atoms with Crippen LogP contribution < -0.4 is 10.1 Å². The summed E-state index contributed by atoms with van der Waals surface area (Å²) < 4.78 is 7.06. The smallest absolute Gasteiger partial charge is 0.258 e. The highest BCUT2D eigenvalue weighted by molar-refractivity contribution is 9.11. The summed E-state index contributed by atoms with van der Waals surface area (Å²) in [5.74, 6) is 0.349. The molecule has 0 spiro atoms. The number of ether oxygens (including phenoxy) is 1. The summed E-state index contributed by atoms with van der Waals surface area (Å²) >= 11 is 6.68. The zero-order chi connectivity index (χ0) is 13.5. The Balaban J connectivity index is 2.38. The van der Waals surface area contributed by atoms with Crippen LogP contribution in [0.3, 0.4) is 0 Å². The first kappa shape index (κ1) is 15.5. The van der Waals surface area contributed by atoms with E-state index in [4.69, 9.17) is 4.74 Å². The van der Waals surface area contributed by atoms with Crippen molar-refractivity contribution < 1.29 is 14.6 Å². The highest BCUT2D eigenvalue weighted by Gasteiger charge is 2.07. The highest BCUT2D eigenvalue weighted by Crippen LogP contribution is 2.27. The topological polar surface area (TPSA) is 58.6 Å². The lowest BCUT2D eigenvalue weighted by Crippen LogP contribution is -2.35. The van der Waals surface area contributed by atoms with Crippen molar-refractivity contribution in [3.8, 4) is 5.75 Å². The zero-order valence-electron chi connectivity index (χ0n) is 9.95. The van der Waals surface area contributed by atoms with Crippen LogP contribution in [0.2, 0.25) is 0 Å². The third kappa shape index (κ3) is 5.37. The first-order valence-electron chi connectivity index (χ1n) is 5.55. The summed E-state index contributed by atoms with van der Waals surface area (Å²) in [6, 6.07) is 5.44. The number of amides is 1. The first-order chi connectivity index (χ1) is 8.52. The van der Waals surface area contributed by atoms with E-state index in [-0.39, 0.29) is 19.1 Å². The van der Waals surface area contributed by atoms with Gasteiger partial charge in [-0.2, -0.15) is 0 Å². The fourth-order valence-electron chi connectivity index (χ4n) is 1.16. The number of aliphatic hydroxyl groups is 1. The summed E-state index contributed by atoms with van der Waals surface area (Å²) in [7, 11) is 0. The van der Waals surface area contributed by atoms with Crippen molar-refractivity contribution in [2.75, 3.05) is 13.2 Å². The van der Waals surface area contributed by atoms with Gasteiger partial charge in [-0.3, -0.25) is 4.79 Å². The summed E-state index contributed by atoms with van der Waals surface area (Å²) in [6.07, 6.45) is 0.104. The molecule has 0 aliphatic carbocycles. The van der Waals surface area contributed by atoms with Gasteiger partial charge in [0.05, 0.1) is 10.6 Å². The van der Waals surface area contributed by atoms with E-state index in [1.165, 1.54) is 0 Å². The highest BCUT2D eigenvalue weighted by atomic mass is 79.9. The first-order valence-corrected chi connectivity index (χ1v) is 7.14. The summed E-state index contributed by atoms with van der Waals surface area (Å²) in [5.41, 5.74) is 0. The van der Waals surface area contributed by atoms with Crippen molar-refractivity contribution >= 4 is 37.8 Å². The van der Waals surface area contributed by atoms with E-state index < -0.39 is 6.10 Å². The Labute approximate surface area is 123 Å². The molecule has 0 saturated carbocycles. The van der Waals surface area contributed by atoms with Gasteiger partial charge >= 0.3 is 0 Å². The van der Waals surface area contributed by atoms with Crippen LogP contribution in [-0.2, 0) is 4.79 Å². The van der Waals surface area contributed by atoms with Crippen LogP contribution in [-0.4, -0.2) is 30.3 Å². The van der Waals surface area contributed by atoms with E-state index in [0.29, 0.717) is 12.2 Å². The molecule has 4 nitrogen and oxygen atoms in total. The number of halogens is 2. The van der Waals surface area contributed by atoms with Gasteiger partial charge < -0.3 is 15.2 Å². The number of hydrogen-bond donors (Lipinski definition) is 2. The number of aliphatic hydroxyl groups excluding tert-OH is 1. The quantitative estimate of drug-likeness (QED) is 0.796. The molecule has 0 radical (unpaired) electrons. The SMILES string of the molecule is CCC(O)CNC(=O)COc1ccc(Br)cc1Br. The van der Waals surface area contributed by atoms with E-state index in [2.05, 4.69) is 37.2 Å². The van der Waals surface area contributed by atoms with Gasteiger partial charge in [0, 0.05) is 11.0 Å². The summed E-state index contributed by atoms with van der Waals surface area (Å²) in [5, 5.41) is 11.9. The molecule has 6 heteroatoms. The van der Waals surface area contributed by atoms with Gasteiger partial charge in [-0.15, -0.1) is 0 Å². The monoisotopic (exact) mass is 379 g/mol. The molecule has 1 aromatic rings. The van der Waals surface area contributed by atoms with E-state index in [1.807, 2.05) is 19.1 Å². The van der Waals surface area contributed by atoms with Crippen molar-refractivity contribution in [3.63, 3.8) is 0 Å². The normalized spacial score (nSPS) is 12.0. The van der Waals surface area contributed by atoms with E-state index in [0.717, 1.165) is 8.95 Å². The lowest BCUT2D eigenvalue weighted by Gasteiger charge is -2.11. The predicted octanol–water partition coefficient (Wildman–Crippen LogP) is 2.48. The summed E-state index contributed by atoms with van der Waals surface area (Å²) in [4.78, 5) is 11.4.